The lowest BCUT2D eigenvalue weighted by molar-refractivity contribution is -0.132. The van der Waals surface area contributed by atoms with Crippen LogP contribution in [0.15, 0.2) is 29.2 Å². The van der Waals surface area contributed by atoms with Crippen LogP contribution in [0.2, 0.25) is 0 Å². The second kappa shape index (κ2) is 5.92. The minimum atomic E-state index is -0.657. The Hall–Kier alpha value is -1.07. The Balaban J connectivity index is 1.84. The Morgan fingerprint density at radius 3 is 2.68 bits per heavy atom. The first-order chi connectivity index (χ1) is 8.98. The minimum Gasteiger partial charge on any atom is -0.390 e. The summed E-state index contributed by atoms with van der Waals surface area (Å²) in [6.07, 6.45) is 1.20. The summed E-state index contributed by atoms with van der Waals surface area (Å²) >= 11 is 1.22. The first-order valence-electron chi connectivity index (χ1n) is 6.35. The Bertz CT molecular complexity index is 455. The molecule has 1 amide bonds. The lowest BCUT2D eigenvalue weighted by atomic mass is 9.94. The summed E-state index contributed by atoms with van der Waals surface area (Å²) in [6, 6.07) is 6.46. The summed E-state index contributed by atoms with van der Waals surface area (Å²) in [5, 5.41) is 9.83. The van der Waals surface area contributed by atoms with Crippen LogP contribution in [-0.2, 0) is 4.79 Å². The monoisotopic (exact) mass is 283 g/mol. The Labute approximate surface area is 116 Å². The largest absolute Gasteiger partial charge is 0.390 e. The number of benzene rings is 1. The number of carbonyl (C=O) groups is 1. The second-order valence-electron chi connectivity index (χ2n) is 5.10. The first-order valence-corrected chi connectivity index (χ1v) is 7.34. The quantitative estimate of drug-likeness (QED) is 0.865. The van der Waals surface area contributed by atoms with E-state index < -0.39 is 5.60 Å². The maximum absolute atomic E-state index is 13.4. The van der Waals surface area contributed by atoms with Crippen LogP contribution in [-0.4, -0.2) is 40.4 Å². The third kappa shape index (κ3) is 3.94. The second-order valence-corrected chi connectivity index (χ2v) is 6.11. The molecule has 104 valence electrons. The Morgan fingerprint density at radius 2 is 2.05 bits per heavy atom. The summed E-state index contributed by atoms with van der Waals surface area (Å²) < 4.78 is 13.4. The molecule has 1 aromatic rings. The molecule has 0 bridgehead atoms. The molecule has 1 aliphatic rings. The van der Waals surface area contributed by atoms with Crippen LogP contribution >= 0.6 is 11.8 Å². The van der Waals surface area contributed by atoms with Gasteiger partial charge in [0.1, 0.15) is 5.82 Å². The summed E-state index contributed by atoms with van der Waals surface area (Å²) in [4.78, 5) is 14.2. The van der Waals surface area contributed by atoms with E-state index in [4.69, 9.17) is 0 Å². The molecule has 5 heteroatoms. The Morgan fingerprint density at radius 1 is 1.42 bits per heavy atom. The molecule has 0 radical (unpaired) electrons. The number of carbonyl (C=O) groups excluding carboxylic acids is 1. The van der Waals surface area contributed by atoms with Gasteiger partial charge < -0.3 is 10.0 Å². The van der Waals surface area contributed by atoms with Gasteiger partial charge in [-0.25, -0.2) is 4.39 Å². The van der Waals surface area contributed by atoms with Crippen molar-refractivity contribution in [2.45, 2.75) is 30.3 Å². The first kappa shape index (κ1) is 14.3. The van der Waals surface area contributed by atoms with Gasteiger partial charge in [0.2, 0.25) is 5.91 Å². The molecule has 0 atom stereocenters. The van der Waals surface area contributed by atoms with E-state index in [9.17, 15) is 14.3 Å². The molecule has 0 aromatic heterocycles. The van der Waals surface area contributed by atoms with E-state index in [-0.39, 0.29) is 17.5 Å². The maximum Gasteiger partial charge on any atom is 0.232 e. The van der Waals surface area contributed by atoms with Gasteiger partial charge in [-0.1, -0.05) is 12.1 Å². The van der Waals surface area contributed by atoms with Crippen LogP contribution in [0.1, 0.15) is 19.8 Å². The fourth-order valence-corrected chi connectivity index (χ4v) is 2.87. The molecule has 1 saturated heterocycles. The van der Waals surface area contributed by atoms with Crippen LogP contribution < -0.4 is 0 Å². The predicted octanol–water partition coefficient (Wildman–Crippen LogP) is 2.29. The fraction of sp³-hybridized carbons (Fsp3) is 0.500. The van der Waals surface area contributed by atoms with Gasteiger partial charge in [-0.2, -0.15) is 0 Å². The molecule has 1 fully saturated rings. The number of amides is 1. The zero-order valence-corrected chi connectivity index (χ0v) is 11.8. The van der Waals surface area contributed by atoms with Crippen LogP contribution in [0, 0.1) is 5.82 Å². The summed E-state index contributed by atoms with van der Waals surface area (Å²) in [5.41, 5.74) is -0.657. The third-order valence-electron chi connectivity index (χ3n) is 3.38. The van der Waals surface area contributed by atoms with Crippen molar-refractivity contribution in [2.24, 2.45) is 0 Å². The zero-order valence-electron chi connectivity index (χ0n) is 10.9. The van der Waals surface area contributed by atoms with E-state index >= 15 is 0 Å². The SMILES string of the molecule is CC1(O)CCN(C(=O)CSc2ccccc2F)CC1. The third-order valence-corrected chi connectivity index (χ3v) is 4.41. The van der Waals surface area contributed by atoms with Gasteiger partial charge in [0, 0.05) is 18.0 Å². The van der Waals surface area contributed by atoms with Crippen molar-refractivity contribution < 1.29 is 14.3 Å². The number of halogens is 1. The highest BCUT2D eigenvalue weighted by atomic mass is 32.2. The standard InChI is InChI=1S/C14H18FNO2S/c1-14(18)6-8-16(9-7-14)13(17)10-19-12-5-3-2-4-11(12)15/h2-5,18H,6-10H2,1H3. The van der Waals surface area contributed by atoms with Gasteiger partial charge >= 0.3 is 0 Å². The van der Waals surface area contributed by atoms with Crippen molar-refractivity contribution in [3.8, 4) is 0 Å². The molecule has 3 nitrogen and oxygen atoms in total. The van der Waals surface area contributed by atoms with Gasteiger partial charge in [-0.3, -0.25) is 4.79 Å². The van der Waals surface area contributed by atoms with Crippen LogP contribution in [0.4, 0.5) is 4.39 Å². The summed E-state index contributed by atoms with van der Waals surface area (Å²) in [7, 11) is 0. The molecule has 1 heterocycles. The maximum atomic E-state index is 13.4. The van der Waals surface area contributed by atoms with Crippen molar-refractivity contribution in [3.05, 3.63) is 30.1 Å². The zero-order chi connectivity index (χ0) is 13.9. The molecule has 0 aliphatic carbocycles. The normalized spacial score (nSPS) is 18.4. The number of likely N-dealkylation sites (tertiary alicyclic amines) is 1. The van der Waals surface area contributed by atoms with Crippen molar-refractivity contribution >= 4 is 17.7 Å². The number of thioether (sulfide) groups is 1. The van der Waals surface area contributed by atoms with Gasteiger partial charge in [0.15, 0.2) is 0 Å². The number of nitrogens with zero attached hydrogens (tertiary/aromatic N) is 1. The van der Waals surface area contributed by atoms with Crippen molar-refractivity contribution in [2.75, 3.05) is 18.8 Å². The van der Waals surface area contributed by atoms with Gasteiger partial charge in [0.25, 0.3) is 0 Å². The van der Waals surface area contributed by atoms with E-state index in [2.05, 4.69) is 0 Å². The smallest absolute Gasteiger partial charge is 0.232 e. The molecule has 1 N–H and O–H groups in total. The number of piperidine rings is 1. The molecule has 0 unspecified atom stereocenters. The molecule has 1 aliphatic heterocycles. The highest BCUT2D eigenvalue weighted by Gasteiger charge is 2.29. The highest BCUT2D eigenvalue weighted by Crippen LogP contribution is 2.24. The van der Waals surface area contributed by atoms with Crippen LogP contribution in [0.5, 0.6) is 0 Å². The molecule has 1 aromatic carbocycles. The van der Waals surface area contributed by atoms with Gasteiger partial charge in [0.05, 0.1) is 11.4 Å². The van der Waals surface area contributed by atoms with Crippen LogP contribution in [0.25, 0.3) is 0 Å². The van der Waals surface area contributed by atoms with Crippen molar-refractivity contribution in [3.63, 3.8) is 0 Å². The summed E-state index contributed by atoms with van der Waals surface area (Å²) in [5.74, 6) is -0.0473. The fourth-order valence-electron chi connectivity index (χ4n) is 2.03. The molecule has 0 saturated carbocycles. The highest BCUT2D eigenvalue weighted by molar-refractivity contribution is 8.00. The average molecular weight is 283 g/mol. The lowest BCUT2D eigenvalue weighted by Gasteiger charge is -2.35. The number of hydrogen-bond acceptors (Lipinski definition) is 3. The number of aliphatic hydroxyl groups is 1. The van der Waals surface area contributed by atoms with E-state index in [1.54, 1.807) is 30.0 Å². The van der Waals surface area contributed by atoms with Crippen molar-refractivity contribution in [1.82, 2.24) is 4.90 Å². The van der Waals surface area contributed by atoms with Crippen molar-refractivity contribution in [1.29, 1.82) is 0 Å². The Kier molecular flexibility index (Phi) is 4.47. The molecular weight excluding hydrogens is 265 g/mol. The van der Waals surface area contributed by atoms with E-state index in [0.29, 0.717) is 30.8 Å². The van der Waals surface area contributed by atoms with Gasteiger partial charge in [-0.05, 0) is 31.9 Å². The molecular formula is C14H18FNO2S. The topological polar surface area (TPSA) is 40.5 Å². The number of hydrogen-bond donors (Lipinski definition) is 1. The summed E-state index contributed by atoms with van der Waals surface area (Å²) in [6.45, 7) is 2.94. The van der Waals surface area contributed by atoms with E-state index in [1.165, 1.54) is 17.8 Å². The van der Waals surface area contributed by atoms with Gasteiger partial charge in [-0.15, -0.1) is 11.8 Å². The van der Waals surface area contributed by atoms with E-state index in [0.717, 1.165) is 0 Å². The van der Waals surface area contributed by atoms with E-state index in [1.807, 2.05) is 0 Å². The van der Waals surface area contributed by atoms with Crippen LogP contribution in [0.3, 0.4) is 0 Å². The average Bonchev–Trinajstić information content (AvgIpc) is 2.37. The molecule has 19 heavy (non-hydrogen) atoms. The predicted molar refractivity (Wildman–Crippen MR) is 73.6 cm³/mol. The lowest BCUT2D eigenvalue weighted by Crippen LogP contribution is -2.45. The number of rotatable bonds is 3. The minimum absolute atomic E-state index is 0.00348. The molecule has 2 rings (SSSR count). The molecule has 0 spiro atoms.